The van der Waals surface area contributed by atoms with Crippen LogP contribution in [-0.4, -0.2) is 64.5 Å². The lowest BCUT2D eigenvalue weighted by atomic mass is 10.1. The first-order valence-corrected chi connectivity index (χ1v) is 9.88. The van der Waals surface area contributed by atoms with Gasteiger partial charge >= 0.3 is 6.09 Å². The molecule has 138 valence electrons. The molecule has 7 nitrogen and oxygen atoms in total. The van der Waals surface area contributed by atoms with Crippen molar-refractivity contribution < 1.29 is 22.7 Å². The quantitative estimate of drug-likeness (QED) is 0.576. The Bertz CT molecular complexity index is 445. The van der Waals surface area contributed by atoms with Gasteiger partial charge < -0.3 is 20.1 Å². The Balaban J connectivity index is 4.12. The predicted molar refractivity (Wildman–Crippen MR) is 91.4 cm³/mol. The van der Waals surface area contributed by atoms with Gasteiger partial charge in [0.2, 0.25) is 0 Å². The van der Waals surface area contributed by atoms with Crippen molar-refractivity contribution in [2.45, 2.75) is 58.2 Å². The van der Waals surface area contributed by atoms with Crippen molar-refractivity contribution in [3.05, 3.63) is 0 Å². The lowest BCUT2D eigenvalue weighted by Crippen LogP contribution is -2.43. The molecule has 2 N–H and O–H groups in total. The van der Waals surface area contributed by atoms with Gasteiger partial charge in [0.05, 0.1) is 12.4 Å². The van der Waals surface area contributed by atoms with Crippen LogP contribution in [0.4, 0.5) is 4.79 Å². The molecule has 8 heteroatoms. The summed E-state index contributed by atoms with van der Waals surface area (Å²) in [5.74, 6) is 0.0867. The van der Waals surface area contributed by atoms with Crippen molar-refractivity contribution in [3.63, 3.8) is 0 Å². The molecule has 0 spiro atoms. The normalized spacial score (nSPS) is 15.0. The topological polar surface area (TPSA) is 93.7 Å². The zero-order chi connectivity index (χ0) is 18.1. The third kappa shape index (κ3) is 14.5. The smallest absolute Gasteiger partial charge is 0.407 e. The van der Waals surface area contributed by atoms with Gasteiger partial charge in [0, 0.05) is 32.0 Å². The van der Waals surface area contributed by atoms with E-state index in [2.05, 4.69) is 10.6 Å². The maximum absolute atomic E-state index is 11.5. The molecule has 0 aliphatic carbocycles. The molecule has 0 aromatic heterocycles. The third-order valence-corrected chi connectivity index (χ3v) is 3.94. The minimum absolute atomic E-state index is 0.0391. The fourth-order valence-electron chi connectivity index (χ4n) is 2.17. The lowest BCUT2D eigenvalue weighted by Gasteiger charge is -2.23. The summed E-state index contributed by atoms with van der Waals surface area (Å²) in [6.45, 7) is 8.26. The molecule has 0 rings (SSSR count). The number of carbonyl (C=O) groups is 1. The fraction of sp³-hybridized carbons (Fsp3) is 0.933. The first-order chi connectivity index (χ1) is 10.4. The molecule has 2 unspecified atom stereocenters. The second kappa shape index (κ2) is 10.1. The maximum atomic E-state index is 11.5. The van der Waals surface area contributed by atoms with Crippen LogP contribution in [0.5, 0.6) is 0 Å². The molecular formula is C15H32N2O5S. The van der Waals surface area contributed by atoms with Crippen LogP contribution in [0, 0.1) is 0 Å². The first-order valence-electron chi connectivity index (χ1n) is 7.82. The van der Waals surface area contributed by atoms with Gasteiger partial charge in [-0.15, -0.1) is 0 Å². The lowest BCUT2D eigenvalue weighted by molar-refractivity contribution is 0.0526. The Morgan fingerprint density at radius 2 is 1.87 bits per heavy atom. The highest BCUT2D eigenvalue weighted by Crippen LogP contribution is 2.06. The SMILES string of the molecule is COCC(CCCNC(=O)OC(C)(C)C)NC(C)CS(C)(=O)=O. The molecule has 1 amide bonds. The summed E-state index contributed by atoms with van der Waals surface area (Å²) < 4.78 is 32.9. The maximum Gasteiger partial charge on any atom is 0.407 e. The monoisotopic (exact) mass is 352 g/mol. The van der Waals surface area contributed by atoms with Gasteiger partial charge in [0.1, 0.15) is 15.4 Å². The molecule has 2 atom stereocenters. The summed E-state index contributed by atoms with van der Waals surface area (Å²) in [7, 11) is -1.41. The number of hydrogen-bond donors (Lipinski definition) is 2. The molecule has 0 aliphatic rings. The number of ether oxygens (including phenoxy) is 2. The number of nitrogens with one attached hydrogen (secondary N) is 2. The number of methoxy groups -OCH3 is 1. The molecule has 0 fully saturated rings. The summed E-state index contributed by atoms with van der Waals surface area (Å²) >= 11 is 0. The number of amides is 1. The van der Waals surface area contributed by atoms with E-state index in [0.717, 1.165) is 12.8 Å². The minimum atomic E-state index is -3.01. The molecule has 0 aliphatic heterocycles. The van der Waals surface area contributed by atoms with Crippen LogP contribution in [0.15, 0.2) is 0 Å². The molecule has 0 bridgehead atoms. The van der Waals surface area contributed by atoms with E-state index < -0.39 is 21.5 Å². The number of carbonyl (C=O) groups excluding carboxylic acids is 1. The largest absolute Gasteiger partial charge is 0.444 e. The minimum Gasteiger partial charge on any atom is -0.444 e. The van der Waals surface area contributed by atoms with Gasteiger partial charge in [-0.2, -0.15) is 0 Å². The summed E-state index contributed by atoms with van der Waals surface area (Å²) in [5.41, 5.74) is -0.509. The Morgan fingerprint density at radius 1 is 1.26 bits per heavy atom. The van der Waals surface area contributed by atoms with Crippen molar-refractivity contribution >= 4 is 15.9 Å². The number of alkyl carbamates (subject to hydrolysis) is 1. The van der Waals surface area contributed by atoms with Gasteiger partial charge in [0.25, 0.3) is 0 Å². The highest BCUT2D eigenvalue weighted by atomic mass is 32.2. The average molecular weight is 352 g/mol. The van der Waals surface area contributed by atoms with Crippen molar-refractivity contribution in [2.24, 2.45) is 0 Å². The standard InChI is InChI=1S/C15H32N2O5S/c1-12(11-23(6,19)20)17-13(10-21-5)8-7-9-16-14(18)22-15(2,3)4/h12-13,17H,7-11H2,1-6H3,(H,16,18). The number of hydrogen-bond acceptors (Lipinski definition) is 6. The van der Waals surface area contributed by atoms with Crippen molar-refractivity contribution in [1.29, 1.82) is 0 Å². The Kier molecular flexibility index (Phi) is 9.72. The van der Waals surface area contributed by atoms with Gasteiger partial charge in [-0.3, -0.25) is 0 Å². The Hall–Kier alpha value is -0.860. The second-order valence-electron chi connectivity index (χ2n) is 6.88. The van der Waals surface area contributed by atoms with Crippen molar-refractivity contribution in [3.8, 4) is 0 Å². The molecule has 23 heavy (non-hydrogen) atoms. The van der Waals surface area contributed by atoms with Crippen LogP contribution in [0.25, 0.3) is 0 Å². The predicted octanol–water partition coefficient (Wildman–Crippen LogP) is 1.33. The van der Waals surface area contributed by atoms with Gasteiger partial charge in [0.15, 0.2) is 0 Å². The van der Waals surface area contributed by atoms with Gasteiger partial charge in [-0.1, -0.05) is 0 Å². The summed E-state index contributed by atoms with van der Waals surface area (Å²) in [6, 6.07) is -0.110. The zero-order valence-corrected chi connectivity index (χ0v) is 16.0. The fourth-order valence-corrected chi connectivity index (χ4v) is 3.18. The second-order valence-corrected chi connectivity index (χ2v) is 9.07. The summed E-state index contributed by atoms with van der Waals surface area (Å²) in [5, 5.41) is 5.96. The van der Waals surface area contributed by atoms with Crippen LogP contribution in [0.1, 0.15) is 40.5 Å². The van der Waals surface area contributed by atoms with Crippen molar-refractivity contribution in [1.82, 2.24) is 10.6 Å². The van der Waals surface area contributed by atoms with Crippen LogP contribution in [0.3, 0.4) is 0 Å². The Labute approximate surface area is 140 Å². The molecule has 0 saturated heterocycles. The molecule has 0 heterocycles. The van der Waals surface area contributed by atoms with E-state index in [9.17, 15) is 13.2 Å². The molecule has 0 aromatic rings. The number of sulfone groups is 1. The highest BCUT2D eigenvalue weighted by molar-refractivity contribution is 7.90. The van der Waals surface area contributed by atoms with Gasteiger partial charge in [-0.25, -0.2) is 13.2 Å². The van der Waals surface area contributed by atoms with E-state index in [1.54, 1.807) is 7.11 Å². The molecular weight excluding hydrogens is 320 g/mol. The third-order valence-electron chi connectivity index (χ3n) is 2.84. The van der Waals surface area contributed by atoms with E-state index in [0.29, 0.717) is 13.2 Å². The van der Waals surface area contributed by atoms with E-state index >= 15 is 0 Å². The summed E-state index contributed by atoms with van der Waals surface area (Å²) in [4.78, 5) is 11.5. The van der Waals surface area contributed by atoms with E-state index in [1.807, 2.05) is 27.7 Å². The van der Waals surface area contributed by atoms with Crippen LogP contribution in [0.2, 0.25) is 0 Å². The van der Waals surface area contributed by atoms with Gasteiger partial charge in [-0.05, 0) is 40.5 Å². The van der Waals surface area contributed by atoms with E-state index in [4.69, 9.17) is 9.47 Å². The van der Waals surface area contributed by atoms with E-state index in [1.165, 1.54) is 6.26 Å². The van der Waals surface area contributed by atoms with Crippen LogP contribution < -0.4 is 10.6 Å². The van der Waals surface area contributed by atoms with Crippen molar-refractivity contribution in [2.75, 3.05) is 32.3 Å². The van der Waals surface area contributed by atoms with Crippen LogP contribution in [-0.2, 0) is 19.3 Å². The summed E-state index contributed by atoms with van der Waals surface area (Å²) in [6.07, 6.45) is 2.30. The molecule has 0 aromatic carbocycles. The zero-order valence-electron chi connectivity index (χ0n) is 15.1. The molecule has 0 radical (unpaired) electrons. The highest BCUT2D eigenvalue weighted by Gasteiger charge is 2.17. The van der Waals surface area contributed by atoms with Crippen LogP contribution >= 0.6 is 0 Å². The average Bonchev–Trinajstić information content (AvgIpc) is 2.30. The first kappa shape index (κ1) is 22.1. The molecule has 0 saturated carbocycles. The number of rotatable bonds is 10. The van der Waals surface area contributed by atoms with E-state index in [-0.39, 0.29) is 17.8 Å². The Morgan fingerprint density at radius 3 is 2.35 bits per heavy atom.